The van der Waals surface area contributed by atoms with Crippen LogP contribution >= 0.6 is 11.8 Å². The van der Waals surface area contributed by atoms with Crippen LogP contribution in [-0.2, 0) is 12.2 Å². The number of nitrogens with zero attached hydrogens (tertiary/aromatic N) is 2. The Morgan fingerprint density at radius 3 is 2.94 bits per heavy atom. The average Bonchev–Trinajstić information content (AvgIpc) is 2.79. The standard InChI is InChI=1S/C13H17N3OS/c1-3-4-13-15-12(16-17-13)8-18-10-5-6-11(14)9(2)7-10/h5-7H,3-4,8,14H2,1-2H3. The molecule has 2 rings (SSSR count). The molecule has 1 aromatic heterocycles. The molecule has 96 valence electrons. The molecule has 4 nitrogen and oxygen atoms in total. The Labute approximate surface area is 111 Å². The topological polar surface area (TPSA) is 64.9 Å². The molecule has 0 saturated carbocycles. The third-order valence-corrected chi connectivity index (χ3v) is 3.57. The molecule has 0 saturated heterocycles. The molecule has 0 aliphatic rings. The molecule has 5 heteroatoms. The van der Waals surface area contributed by atoms with E-state index in [1.54, 1.807) is 11.8 Å². The predicted molar refractivity (Wildman–Crippen MR) is 73.4 cm³/mol. The van der Waals surface area contributed by atoms with Gasteiger partial charge < -0.3 is 10.3 Å². The van der Waals surface area contributed by atoms with E-state index in [4.69, 9.17) is 10.3 Å². The van der Waals surface area contributed by atoms with Gasteiger partial charge in [-0.05, 0) is 37.1 Å². The van der Waals surface area contributed by atoms with Crippen molar-refractivity contribution in [2.24, 2.45) is 0 Å². The largest absolute Gasteiger partial charge is 0.399 e. The molecule has 0 aliphatic carbocycles. The van der Waals surface area contributed by atoms with Crippen LogP contribution in [0.15, 0.2) is 27.6 Å². The van der Waals surface area contributed by atoms with E-state index in [1.807, 2.05) is 19.1 Å². The number of aromatic nitrogens is 2. The number of rotatable bonds is 5. The molecular weight excluding hydrogens is 246 g/mol. The van der Waals surface area contributed by atoms with Gasteiger partial charge in [0.2, 0.25) is 5.89 Å². The zero-order valence-corrected chi connectivity index (χ0v) is 11.5. The van der Waals surface area contributed by atoms with E-state index in [9.17, 15) is 0 Å². The molecule has 0 unspecified atom stereocenters. The summed E-state index contributed by atoms with van der Waals surface area (Å²) < 4.78 is 5.14. The minimum absolute atomic E-state index is 0.719. The molecule has 1 heterocycles. The number of hydrogen-bond acceptors (Lipinski definition) is 5. The second-order valence-corrected chi connectivity index (χ2v) is 5.21. The Morgan fingerprint density at radius 2 is 2.22 bits per heavy atom. The summed E-state index contributed by atoms with van der Waals surface area (Å²) in [6.07, 6.45) is 1.87. The van der Waals surface area contributed by atoms with Crippen LogP contribution in [0.4, 0.5) is 5.69 Å². The molecule has 1 aromatic carbocycles. The summed E-state index contributed by atoms with van der Waals surface area (Å²) in [6, 6.07) is 6.02. The lowest BCUT2D eigenvalue weighted by Crippen LogP contribution is -1.90. The molecule has 0 radical (unpaired) electrons. The Kier molecular flexibility index (Phi) is 4.25. The highest BCUT2D eigenvalue weighted by Crippen LogP contribution is 2.24. The minimum atomic E-state index is 0.719. The number of anilines is 1. The number of nitrogen functional groups attached to an aromatic ring is 1. The quantitative estimate of drug-likeness (QED) is 0.663. The Hall–Kier alpha value is -1.49. The number of aryl methyl sites for hydroxylation is 2. The summed E-state index contributed by atoms with van der Waals surface area (Å²) in [6.45, 7) is 4.10. The lowest BCUT2D eigenvalue weighted by molar-refractivity contribution is 0.373. The molecule has 2 aromatic rings. The highest BCUT2D eigenvalue weighted by molar-refractivity contribution is 7.98. The molecule has 0 bridgehead atoms. The molecule has 0 atom stereocenters. The fourth-order valence-corrected chi connectivity index (χ4v) is 2.39. The van der Waals surface area contributed by atoms with Crippen LogP contribution in [0.2, 0.25) is 0 Å². The number of nitrogens with two attached hydrogens (primary N) is 1. The van der Waals surface area contributed by atoms with E-state index >= 15 is 0 Å². The van der Waals surface area contributed by atoms with Gasteiger partial charge in [-0.15, -0.1) is 11.8 Å². The van der Waals surface area contributed by atoms with Gasteiger partial charge in [-0.1, -0.05) is 12.1 Å². The molecular formula is C13H17N3OS. The fourth-order valence-electron chi connectivity index (χ4n) is 1.55. The first kappa shape index (κ1) is 13.0. The van der Waals surface area contributed by atoms with Crippen molar-refractivity contribution < 1.29 is 4.52 Å². The van der Waals surface area contributed by atoms with Gasteiger partial charge in [-0.2, -0.15) is 4.98 Å². The van der Waals surface area contributed by atoms with Gasteiger partial charge >= 0.3 is 0 Å². The minimum Gasteiger partial charge on any atom is -0.399 e. The van der Waals surface area contributed by atoms with E-state index in [0.717, 1.165) is 41.6 Å². The van der Waals surface area contributed by atoms with Crippen LogP contribution in [0.3, 0.4) is 0 Å². The van der Waals surface area contributed by atoms with Crippen molar-refractivity contribution in [2.75, 3.05) is 5.73 Å². The van der Waals surface area contributed by atoms with Crippen molar-refractivity contribution in [1.29, 1.82) is 0 Å². The monoisotopic (exact) mass is 263 g/mol. The Morgan fingerprint density at radius 1 is 1.39 bits per heavy atom. The summed E-state index contributed by atoms with van der Waals surface area (Å²) in [5.41, 5.74) is 7.70. The maximum absolute atomic E-state index is 5.78. The third kappa shape index (κ3) is 3.26. The summed E-state index contributed by atoms with van der Waals surface area (Å²) in [7, 11) is 0. The lowest BCUT2D eigenvalue weighted by atomic mass is 10.2. The first-order valence-electron chi connectivity index (χ1n) is 5.99. The van der Waals surface area contributed by atoms with Gasteiger partial charge in [0.25, 0.3) is 0 Å². The predicted octanol–water partition coefficient (Wildman–Crippen LogP) is 3.21. The second kappa shape index (κ2) is 5.91. The highest BCUT2D eigenvalue weighted by Gasteiger charge is 2.06. The van der Waals surface area contributed by atoms with Crippen LogP contribution in [0.1, 0.15) is 30.6 Å². The van der Waals surface area contributed by atoms with Crippen LogP contribution in [-0.4, -0.2) is 10.1 Å². The Balaban J connectivity index is 1.95. The fraction of sp³-hybridized carbons (Fsp3) is 0.385. The first-order valence-corrected chi connectivity index (χ1v) is 6.98. The maximum atomic E-state index is 5.78. The molecule has 0 fully saturated rings. The van der Waals surface area contributed by atoms with Gasteiger partial charge in [0.15, 0.2) is 5.82 Å². The molecule has 18 heavy (non-hydrogen) atoms. The average molecular weight is 263 g/mol. The molecule has 0 aliphatic heterocycles. The smallest absolute Gasteiger partial charge is 0.226 e. The van der Waals surface area contributed by atoms with Crippen molar-refractivity contribution in [1.82, 2.24) is 10.1 Å². The summed E-state index contributed by atoms with van der Waals surface area (Å²) in [5.74, 6) is 2.19. The van der Waals surface area contributed by atoms with Crippen LogP contribution in [0.5, 0.6) is 0 Å². The van der Waals surface area contributed by atoms with Crippen molar-refractivity contribution >= 4 is 17.4 Å². The maximum Gasteiger partial charge on any atom is 0.226 e. The van der Waals surface area contributed by atoms with Gasteiger partial charge in [0, 0.05) is 17.0 Å². The van der Waals surface area contributed by atoms with Crippen LogP contribution in [0, 0.1) is 6.92 Å². The highest BCUT2D eigenvalue weighted by atomic mass is 32.2. The Bertz CT molecular complexity index is 525. The summed E-state index contributed by atoms with van der Waals surface area (Å²) in [5, 5.41) is 3.96. The van der Waals surface area contributed by atoms with Crippen molar-refractivity contribution in [2.45, 2.75) is 37.3 Å². The molecule has 0 amide bonds. The van der Waals surface area contributed by atoms with E-state index in [0.29, 0.717) is 0 Å². The summed E-state index contributed by atoms with van der Waals surface area (Å²) >= 11 is 1.69. The number of hydrogen-bond donors (Lipinski definition) is 1. The third-order valence-electron chi connectivity index (χ3n) is 2.58. The van der Waals surface area contributed by atoms with Crippen LogP contribution in [0.25, 0.3) is 0 Å². The SMILES string of the molecule is CCCc1nc(CSc2ccc(N)c(C)c2)no1. The number of benzene rings is 1. The van der Waals surface area contributed by atoms with Crippen molar-refractivity contribution in [3.8, 4) is 0 Å². The molecule has 2 N–H and O–H groups in total. The summed E-state index contributed by atoms with van der Waals surface area (Å²) in [4.78, 5) is 5.50. The van der Waals surface area contributed by atoms with E-state index in [1.165, 1.54) is 4.90 Å². The van der Waals surface area contributed by atoms with Gasteiger partial charge in [0.1, 0.15) is 0 Å². The van der Waals surface area contributed by atoms with Gasteiger partial charge in [0.05, 0.1) is 5.75 Å². The zero-order valence-electron chi connectivity index (χ0n) is 10.6. The van der Waals surface area contributed by atoms with E-state index in [2.05, 4.69) is 23.1 Å². The van der Waals surface area contributed by atoms with Crippen molar-refractivity contribution in [3.05, 3.63) is 35.5 Å². The van der Waals surface area contributed by atoms with Crippen molar-refractivity contribution in [3.63, 3.8) is 0 Å². The van der Waals surface area contributed by atoms with Gasteiger partial charge in [-0.25, -0.2) is 0 Å². The normalized spacial score (nSPS) is 10.8. The van der Waals surface area contributed by atoms with Crippen LogP contribution < -0.4 is 5.73 Å². The lowest BCUT2D eigenvalue weighted by Gasteiger charge is -2.03. The van der Waals surface area contributed by atoms with E-state index < -0.39 is 0 Å². The van der Waals surface area contributed by atoms with E-state index in [-0.39, 0.29) is 0 Å². The first-order chi connectivity index (χ1) is 8.69. The second-order valence-electron chi connectivity index (χ2n) is 4.16. The van der Waals surface area contributed by atoms with Gasteiger partial charge in [-0.3, -0.25) is 0 Å². The zero-order chi connectivity index (χ0) is 13.0. The molecule has 0 spiro atoms. The number of thioether (sulfide) groups is 1.